The molecule has 0 fully saturated rings. The molecule has 0 spiro atoms. The van der Waals surface area contributed by atoms with Gasteiger partial charge in [-0.15, -0.1) is 0 Å². The molecule has 1 unspecified atom stereocenters. The van der Waals surface area contributed by atoms with E-state index in [-0.39, 0.29) is 17.5 Å². The normalized spacial score (nSPS) is 14.1. The lowest BCUT2D eigenvalue weighted by molar-refractivity contribution is 0.0932. The van der Waals surface area contributed by atoms with Crippen LogP contribution in [0.1, 0.15) is 58.4 Å². The molecule has 1 aliphatic carbocycles. The van der Waals surface area contributed by atoms with E-state index in [1.807, 2.05) is 19.2 Å². The number of aromatic amines is 1. The second-order valence-corrected chi connectivity index (χ2v) is 8.70. The molecule has 3 heterocycles. The van der Waals surface area contributed by atoms with Gasteiger partial charge in [-0.05, 0) is 56.7 Å². The predicted molar refractivity (Wildman–Crippen MR) is 121 cm³/mol. The van der Waals surface area contributed by atoms with Crippen molar-refractivity contribution in [1.29, 1.82) is 0 Å². The molecule has 0 aromatic carbocycles. The number of nitrogens with one attached hydrogen (secondary N) is 2. The molecular formula is C23H26N4O3S. The van der Waals surface area contributed by atoms with Crippen LogP contribution in [0.4, 0.5) is 0 Å². The summed E-state index contributed by atoms with van der Waals surface area (Å²) in [5.41, 5.74) is 2.67. The predicted octanol–water partition coefficient (Wildman–Crippen LogP) is 3.84. The number of amides is 1. The van der Waals surface area contributed by atoms with Gasteiger partial charge in [0.1, 0.15) is 17.3 Å². The second-order valence-electron chi connectivity index (χ2n) is 7.71. The summed E-state index contributed by atoms with van der Waals surface area (Å²) in [7, 11) is 0. The van der Waals surface area contributed by atoms with E-state index in [0.29, 0.717) is 29.3 Å². The number of pyridine rings is 1. The topological polar surface area (TPSA) is 101 Å². The van der Waals surface area contributed by atoms with Crippen molar-refractivity contribution < 1.29 is 9.21 Å². The van der Waals surface area contributed by atoms with Crippen LogP contribution in [-0.2, 0) is 12.8 Å². The van der Waals surface area contributed by atoms with Gasteiger partial charge in [-0.1, -0.05) is 0 Å². The third-order valence-corrected chi connectivity index (χ3v) is 6.19. The van der Waals surface area contributed by atoms with Crippen molar-refractivity contribution in [1.82, 2.24) is 20.3 Å². The van der Waals surface area contributed by atoms with Crippen LogP contribution >= 0.6 is 11.8 Å². The van der Waals surface area contributed by atoms with Gasteiger partial charge in [0.25, 0.3) is 11.5 Å². The van der Waals surface area contributed by atoms with Crippen molar-refractivity contribution in [3.05, 3.63) is 69.3 Å². The van der Waals surface area contributed by atoms with E-state index in [2.05, 4.69) is 20.3 Å². The molecule has 8 heteroatoms. The third-order valence-electron chi connectivity index (χ3n) is 5.54. The van der Waals surface area contributed by atoms with Crippen LogP contribution in [0.2, 0.25) is 0 Å². The van der Waals surface area contributed by atoms with Gasteiger partial charge < -0.3 is 14.7 Å². The largest absolute Gasteiger partial charge is 0.465 e. The molecule has 0 bridgehead atoms. The van der Waals surface area contributed by atoms with Gasteiger partial charge >= 0.3 is 0 Å². The highest BCUT2D eigenvalue weighted by molar-refractivity contribution is 7.98. The number of H-pyrrole nitrogens is 1. The van der Waals surface area contributed by atoms with Crippen molar-refractivity contribution in [2.75, 3.05) is 12.0 Å². The molecule has 4 rings (SSSR count). The lowest BCUT2D eigenvalue weighted by Crippen LogP contribution is -2.31. The van der Waals surface area contributed by atoms with E-state index < -0.39 is 0 Å². The fourth-order valence-electron chi connectivity index (χ4n) is 4.05. The van der Waals surface area contributed by atoms with E-state index in [1.54, 1.807) is 30.2 Å². The van der Waals surface area contributed by atoms with E-state index in [4.69, 9.17) is 4.42 Å². The standard InChI is InChI=1S/C23H26N4O3S/c1-14-21(16-7-3-4-8-19(16)30-14)23(29)26-17(9-11-31-2)18-12-20(28)27-22(25-18)15-6-5-10-24-13-15/h5-6,10,12-13,17H,3-4,7-9,11H2,1-2H3,(H,26,29)(H,25,27,28). The average molecular weight is 439 g/mol. The molecule has 3 aromatic heterocycles. The van der Waals surface area contributed by atoms with Crippen LogP contribution < -0.4 is 10.9 Å². The Morgan fingerprint density at radius 1 is 1.35 bits per heavy atom. The van der Waals surface area contributed by atoms with Crippen LogP contribution in [-0.4, -0.2) is 32.9 Å². The minimum Gasteiger partial charge on any atom is -0.465 e. The summed E-state index contributed by atoms with van der Waals surface area (Å²) >= 11 is 1.69. The van der Waals surface area contributed by atoms with Crippen molar-refractivity contribution in [2.45, 2.75) is 45.1 Å². The Morgan fingerprint density at radius 2 is 2.19 bits per heavy atom. The van der Waals surface area contributed by atoms with Gasteiger partial charge in [0.05, 0.1) is 17.3 Å². The van der Waals surface area contributed by atoms with E-state index in [1.165, 1.54) is 6.07 Å². The van der Waals surface area contributed by atoms with Crippen LogP contribution in [0.5, 0.6) is 0 Å². The van der Waals surface area contributed by atoms with Crippen molar-refractivity contribution in [3.8, 4) is 11.4 Å². The molecule has 0 aliphatic heterocycles. The second kappa shape index (κ2) is 9.51. The first-order chi connectivity index (χ1) is 15.1. The number of aryl methyl sites for hydroxylation is 2. The Morgan fingerprint density at radius 3 is 2.97 bits per heavy atom. The number of furan rings is 1. The fraction of sp³-hybridized carbons (Fsp3) is 0.391. The first-order valence-electron chi connectivity index (χ1n) is 10.5. The smallest absolute Gasteiger partial charge is 0.255 e. The minimum absolute atomic E-state index is 0.166. The maximum Gasteiger partial charge on any atom is 0.255 e. The number of hydrogen-bond donors (Lipinski definition) is 2. The molecule has 162 valence electrons. The van der Waals surface area contributed by atoms with Crippen molar-refractivity contribution >= 4 is 17.7 Å². The number of rotatable bonds is 7. The van der Waals surface area contributed by atoms with E-state index >= 15 is 0 Å². The summed E-state index contributed by atoms with van der Waals surface area (Å²) in [6.07, 6.45) is 9.89. The number of nitrogens with zero attached hydrogens (tertiary/aromatic N) is 2. The monoisotopic (exact) mass is 438 g/mol. The summed E-state index contributed by atoms with van der Waals surface area (Å²) in [4.78, 5) is 37.2. The zero-order valence-corrected chi connectivity index (χ0v) is 18.6. The number of carbonyl (C=O) groups excluding carboxylic acids is 1. The Hall–Kier alpha value is -2.87. The summed E-state index contributed by atoms with van der Waals surface area (Å²) in [6, 6.07) is 4.71. The van der Waals surface area contributed by atoms with Gasteiger partial charge in [-0.3, -0.25) is 14.6 Å². The zero-order chi connectivity index (χ0) is 21.8. The van der Waals surface area contributed by atoms with Crippen LogP contribution in [0.3, 0.4) is 0 Å². The Bertz CT molecular complexity index is 1120. The first-order valence-corrected chi connectivity index (χ1v) is 11.9. The van der Waals surface area contributed by atoms with Crippen LogP contribution in [0.25, 0.3) is 11.4 Å². The molecule has 1 aliphatic rings. The number of aromatic nitrogens is 3. The molecule has 2 N–H and O–H groups in total. The van der Waals surface area contributed by atoms with Crippen LogP contribution in [0.15, 0.2) is 39.8 Å². The third kappa shape index (κ3) is 4.74. The van der Waals surface area contributed by atoms with Crippen LogP contribution in [0, 0.1) is 6.92 Å². The maximum absolute atomic E-state index is 13.3. The van der Waals surface area contributed by atoms with E-state index in [0.717, 1.165) is 48.3 Å². The quantitative estimate of drug-likeness (QED) is 0.581. The highest BCUT2D eigenvalue weighted by atomic mass is 32.2. The molecule has 0 saturated heterocycles. The number of carbonyl (C=O) groups is 1. The van der Waals surface area contributed by atoms with Gasteiger partial charge in [0.2, 0.25) is 0 Å². The van der Waals surface area contributed by atoms with E-state index in [9.17, 15) is 9.59 Å². The molecule has 0 saturated carbocycles. The molecular weight excluding hydrogens is 412 g/mol. The molecule has 31 heavy (non-hydrogen) atoms. The summed E-state index contributed by atoms with van der Waals surface area (Å²) in [6.45, 7) is 1.84. The lowest BCUT2D eigenvalue weighted by atomic mass is 9.94. The highest BCUT2D eigenvalue weighted by Crippen LogP contribution is 2.30. The van der Waals surface area contributed by atoms with Gasteiger partial charge in [0.15, 0.2) is 0 Å². The van der Waals surface area contributed by atoms with Gasteiger partial charge in [0, 0.05) is 36.0 Å². The summed E-state index contributed by atoms with van der Waals surface area (Å²) in [5, 5.41) is 3.12. The van der Waals surface area contributed by atoms with Gasteiger partial charge in [-0.25, -0.2) is 4.98 Å². The summed E-state index contributed by atoms with van der Waals surface area (Å²) < 4.78 is 5.88. The molecule has 1 atom stereocenters. The van der Waals surface area contributed by atoms with Gasteiger partial charge in [-0.2, -0.15) is 11.8 Å². The Kier molecular flexibility index (Phi) is 6.56. The number of fused-ring (bicyclic) bond motifs is 1. The zero-order valence-electron chi connectivity index (χ0n) is 17.7. The Balaban J connectivity index is 1.66. The molecule has 1 amide bonds. The SMILES string of the molecule is CSCCC(NC(=O)c1c(C)oc2c1CCCC2)c1cc(=O)[nH]c(-c2cccnc2)n1. The maximum atomic E-state index is 13.3. The average Bonchev–Trinajstić information content (AvgIpc) is 3.12. The molecule has 3 aromatic rings. The Labute approximate surface area is 185 Å². The number of thioether (sulfide) groups is 1. The van der Waals surface area contributed by atoms with Crippen molar-refractivity contribution in [2.24, 2.45) is 0 Å². The lowest BCUT2D eigenvalue weighted by Gasteiger charge is -2.19. The molecule has 7 nitrogen and oxygen atoms in total. The molecule has 0 radical (unpaired) electrons. The highest BCUT2D eigenvalue weighted by Gasteiger charge is 2.27. The van der Waals surface area contributed by atoms with Crippen molar-refractivity contribution in [3.63, 3.8) is 0 Å². The fourth-order valence-corrected chi connectivity index (χ4v) is 4.53. The first kappa shape index (κ1) is 21.4. The minimum atomic E-state index is -0.383. The summed E-state index contributed by atoms with van der Waals surface area (Å²) in [5.74, 6) is 2.69. The number of hydrogen-bond acceptors (Lipinski definition) is 6.